The van der Waals surface area contributed by atoms with Gasteiger partial charge in [0.2, 0.25) is 0 Å². The fourth-order valence-corrected chi connectivity index (χ4v) is 2.68. The lowest BCUT2D eigenvalue weighted by Gasteiger charge is -2.22. The fourth-order valence-electron chi connectivity index (χ4n) is 2.07. The Morgan fingerprint density at radius 1 is 1.64 bits per heavy atom. The van der Waals surface area contributed by atoms with Gasteiger partial charge < -0.3 is 10.3 Å². The molecule has 0 amide bonds. The zero-order chi connectivity index (χ0) is 10.1. The molecule has 1 aromatic heterocycles. The molecule has 0 saturated heterocycles. The summed E-state index contributed by atoms with van der Waals surface area (Å²) in [5.74, 6) is 1.90. The van der Waals surface area contributed by atoms with Crippen molar-refractivity contribution in [1.82, 2.24) is 9.55 Å². The van der Waals surface area contributed by atoms with Gasteiger partial charge in [0.1, 0.15) is 10.4 Å². The summed E-state index contributed by atoms with van der Waals surface area (Å²) in [6, 6.07) is 0. The maximum atomic E-state index is 5.57. The van der Waals surface area contributed by atoms with Crippen molar-refractivity contribution in [1.29, 1.82) is 0 Å². The van der Waals surface area contributed by atoms with Gasteiger partial charge in [-0.05, 0) is 41.2 Å². The molecule has 0 fully saturated rings. The van der Waals surface area contributed by atoms with Gasteiger partial charge in [-0.25, -0.2) is 4.98 Å². The molecule has 2 heterocycles. The standard InChI is InChI=1S/C10H16BrN3/c1-7-2-3-8-10(11)13-9(4-5-12)14(8)6-7/h7H,2-6,12H2,1H3. The monoisotopic (exact) mass is 257 g/mol. The second-order valence-corrected chi connectivity index (χ2v) is 4.81. The first-order valence-corrected chi connectivity index (χ1v) is 5.95. The molecule has 3 nitrogen and oxygen atoms in total. The van der Waals surface area contributed by atoms with Gasteiger partial charge in [0.25, 0.3) is 0 Å². The van der Waals surface area contributed by atoms with E-state index in [4.69, 9.17) is 5.73 Å². The van der Waals surface area contributed by atoms with Crippen LogP contribution in [0.5, 0.6) is 0 Å². The van der Waals surface area contributed by atoms with E-state index in [0.29, 0.717) is 6.54 Å². The quantitative estimate of drug-likeness (QED) is 0.877. The van der Waals surface area contributed by atoms with Crippen LogP contribution in [0.15, 0.2) is 4.60 Å². The highest BCUT2D eigenvalue weighted by atomic mass is 79.9. The number of fused-ring (bicyclic) bond motifs is 1. The van der Waals surface area contributed by atoms with Gasteiger partial charge in [0.05, 0.1) is 5.69 Å². The highest BCUT2D eigenvalue weighted by Crippen LogP contribution is 2.27. The first kappa shape index (κ1) is 10.2. The summed E-state index contributed by atoms with van der Waals surface area (Å²) in [7, 11) is 0. The molecule has 14 heavy (non-hydrogen) atoms. The third kappa shape index (κ3) is 1.73. The van der Waals surface area contributed by atoms with Crippen molar-refractivity contribution < 1.29 is 0 Å². The number of imidazole rings is 1. The first-order chi connectivity index (χ1) is 6.72. The highest BCUT2D eigenvalue weighted by Gasteiger charge is 2.21. The molecular formula is C10H16BrN3. The second kappa shape index (κ2) is 4.03. The van der Waals surface area contributed by atoms with E-state index in [1.54, 1.807) is 0 Å². The Balaban J connectivity index is 2.34. The van der Waals surface area contributed by atoms with Gasteiger partial charge in [-0.15, -0.1) is 0 Å². The van der Waals surface area contributed by atoms with Gasteiger partial charge in [-0.1, -0.05) is 6.92 Å². The number of halogens is 1. The molecule has 1 aliphatic rings. The molecule has 1 aromatic rings. The number of rotatable bonds is 2. The molecule has 0 saturated carbocycles. The van der Waals surface area contributed by atoms with Crippen molar-refractivity contribution in [3.8, 4) is 0 Å². The van der Waals surface area contributed by atoms with E-state index in [-0.39, 0.29) is 0 Å². The molecular weight excluding hydrogens is 242 g/mol. The van der Waals surface area contributed by atoms with Crippen molar-refractivity contribution in [2.75, 3.05) is 6.54 Å². The lowest BCUT2D eigenvalue weighted by Crippen LogP contribution is -2.20. The van der Waals surface area contributed by atoms with E-state index in [0.717, 1.165) is 35.7 Å². The zero-order valence-electron chi connectivity index (χ0n) is 8.46. The third-order valence-corrected chi connectivity index (χ3v) is 3.47. The van der Waals surface area contributed by atoms with Crippen molar-refractivity contribution >= 4 is 15.9 Å². The molecule has 2 rings (SSSR count). The number of nitrogens with two attached hydrogens (primary N) is 1. The molecule has 4 heteroatoms. The number of nitrogens with zero attached hydrogens (tertiary/aromatic N) is 2. The van der Waals surface area contributed by atoms with E-state index >= 15 is 0 Å². The lowest BCUT2D eigenvalue weighted by atomic mass is 10.0. The smallest absolute Gasteiger partial charge is 0.127 e. The van der Waals surface area contributed by atoms with Crippen LogP contribution in [0.3, 0.4) is 0 Å². The SMILES string of the molecule is CC1CCc2c(Br)nc(CCN)n2C1. The van der Waals surface area contributed by atoms with Crippen LogP contribution in [0.2, 0.25) is 0 Å². The summed E-state index contributed by atoms with van der Waals surface area (Å²) in [4.78, 5) is 4.52. The molecule has 0 aromatic carbocycles. The Bertz CT molecular complexity index is 332. The summed E-state index contributed by atoms with van der Waals surface area (Å²) in [6.45, 7) is 4.07. The van der Waals surface area contributed by atoms with Crippen LogP contribution in [0.4, 0.5) is 0 Å². The van der Waals surface area contributed by atoms with E-state index < -0.39 is 0 Å². The van der Waals surface area contributed by atoms with Crippen molar-refractivity contribution in [3.05, 3.63) is 16.1 Å². The van der Waals surface area contributed by atoms with E-state index in [1.165, 1.54) is 12.1 Å². The molecule has 2 N–H and O–H groups in total. The van der Waals surface area contributed by atoms with Crippen molar-refractivity contribution in [3.63, 3.8) is 0 Å². The Kier molecular flexibility index (Phi) is 2.93. The lowest BCUT2D eigenvalue weighted by molar-refractivity contribution is 0.390. The number of aromatic nitrogens is 2. The summed E-state index contributed by atoms with van der Waals surface area (Å²) >= 11 is 3.52. The van der Waals surface area contributed by atoms with Crippen LogP contribution >= 0.6 is 15.9 Å². The van der Waals surface area contributed by atoms with E-state index in [2.05, 4.69) is 32.4 Å². The minimum atomic E-state index is 0.678. The van der Waals surface area contributed by atoms with Gasteiger partial charge in [-0.3, -0.25) is 0 Å². The normalized spacial score (nSPS) is 20.9. The predicted molar refractivity (Wildman–Crippen MR) is 60.2 cm³/mol. The van der Waals surface area contributed by atoms with Crippen molar-refractivity contribution in [2.45, 2.75) is 32.7 Å². The molecule has 0 aliphatic carbocycles. The van der Waals surface area contributed by atoms with E-state index in [1.807, 2.05) is 0 Å². The Morgan fingerprint density at radius 3 is 3.14 bits per heavy atom. The Morgan fingerprint density at radius 2 is 2.43 bits per heavy atom. The highest BCUT2D eigenvalue weighted by molar-refractivity contribution is 9.10. The molecule has 1 unspecified atom stereocenters. The first-order valence-electron chi connectivity index (χ1n) is 5.16. The summed E-state index contributed by atoms with van der Waals surface area (Å²) in [5, 5.41) is 0. The molecule has 0 bridgehead atoms. The number of hydrogen-bond donors (Lipinski definition) is 1. The average molecular weight is 258 g/mol. The molecule has 1 atom stereocenters. The average Bonchev–Trinajstić information content (AvgIpc) is 2.44. The second-order valence-electron chi connectivity index (χ2n) is 4.06. The van der Waals surface area contributed by atoms with Crippen LogP contribution in [-0.2, 0) is 19.4 Å². The Hall–Kier alpha value is -0.350. The minimum absolute atomic E-state index is 0.678. The maximum absolute atomic E-state index is 5.57. The van der Waals surface area contributed by atoms with Crippen molar-refractivity contribution in [2.24, 2.45) is 11.7 Å². The van der Waals surface area contributed by atoms with Gasteiger partial charge in [0.15, 0.2) is 0 Å². The van der Waals surface area contributed by atoms with Gasteiger partial charge >= 0.3 is 0 Å². The maximum Gasteiger partial charge on any atom is 0.127 e. The fraction of sp³-hybridized carbons (Fsp3) is 0.700. The predicted octanol–water partition coefficient (Wildman–Crippen LogP) is 1.73. The van der Waals surface area contributed by atoms with Crippen LogP contribution in [-0.4, -0.2) is 16.1 Å². The Labute approximate surface area is 92.8 Å². The molecule has 78 valence electrons. The van der Waals surface area contributed by atoms with Crippen LogP contribution in [0.1, 0.15) is 24.9 Å². The zero-order valence-corrected chi connectivity index (χ0v) is 10.0. The third-order valence-electron chi connectivity index (χ3n) is 2.84. The van der Waals surface area contributed by atoms with Gasteiger partial charge in [-0.2, -0.15) is 0 Å². The van der Waals surface area contributed by atoms with E-state index in [9.17, 15) is 0 Å². The molecule has 1 aliphatic heterocycles. The molecule has 0 spiro atoms. The summed E-state index contributed by atoms with van der Waals surface area (Å²) in [6.07, 6.45) is 3.29. The molecule has 0 radical (unpaired) electrons. The van der Waals surface area contributed by atoms with Crippen LogP contribution in [0, 0.1) is 5.92 Å². The minimum Gasteiger partial charge on any atom is -0.331 e. The number of hydrogen-bond acceptors (Lipinski definition) is 2. The summed E-state index contributed by atoms with van der Waals surface area (Å²) < 4.78 is 3.36. The largest absolute Gasteiger partial charge is 0.331 e. The van der Waals surface area contributed by atoms with Crippen LogP contribution < -0.4 is 5.73 Å². The van der Waals surface area contributed by atoms with Crippen LogP contribution in [0.25, 0.3) is 0 Å². The topological polar surface area (TPSA) is 43.8 Å². The van der Waals surface area contributed by atoms with Gasteiger partial charge in [0, 0.05) is 13.0 Å². The summed E-state index contributed by atoms with van der Waals surface area (Å²) in [5.41, 5.74) is 6.92.